The summed E-state index contributed by atoms with van der Waals surface area (Å²) in [5.41, 5.74) is 1.86. The molecule has 0 saturated heterocycles. The molecule has 1 atom stereocenters. The number of H-pyrrole nitrogens is 1. The molecular formula is C12H13ClN2O. The van der Waals surface area contributed by atoms with Crippen LogP contribution in [0.4, 0.5) is 0 Å². The fraction of sp³-hybridized carbons (Fsp3) is 0.250. The fourth-order valence-corrected chi connectivity index (χ4v) is 1.97. The molecule has 0 aliphatic heterocycles. The number of nitrogens with zero attached hydrogens (tertiary/aromatic N) is 1. The maximum absolute atomic E-state index is 10.0. The smallest absolute Gasteiger partial charge is 0.108 e. The summed E-state index contributed by atoms with van der Waals surface area (Å²) < 4.78 is 0. The van der Waals surface area contributed by atoms with E-state index in [9.17, 15) is 5.11 Å². The average Bonchev–Trinajstić information content (AvgIpc) is 2.68. The van der Waals surface area contributed by atoms with Crippen LogP contribution >= 0.6 is 11.6 Å². The molecule has 0 aliphatic carbocycles. The number of hydrogen-bond donors (Lipinski definition) is 2. The second-order valence-electron chi connectivity index (χ2n) is 3.82. The van der Waals surface area contributed by atoms with Crippen LogP contribution in [-0.2, 0) is 6.42 Å². The Morgan fingerprint density at radius 2 is 2.25 bits per heavy atom. The zero-order valence-electron chi connectivity index (χ0n) is 8.94. The third kappa shape index (κ3) is 2.62. The van der Waals surface area contributed by atoms with Gasteiger partial charge in [0.05, 0.1) is 6.10 Å². The summed E-state index contributed by atoms with van der Waals surface area (Å²) in [6.45, 7) is 1.95. The average molecular weight is 237 g/mol. The molecule has 2 N–H and O–H groups in total. The van der Waals surface area contributed by atoms with E-state index in [-0.39, 0.29) is 0 Å². The lowest BCUT2D eigenvalue weighted by Crippen LogP contribution is -2.03. The molecule has 1 unspecified atom stereocenters. The maximum atomic E-state index is 10.0. The Balaban J connectivity index is 2.17. The van der Waals surface area contributed by atoms with Gasteiger partial charge in [0.2, 0.25) is 0 Å². The van der Waals surface area contributed by atoms with Gasteiger partial charge in [-0.1, -0.05) is 17.7 Å². The van der Waals surface area contributed by atoms with Gasteiger partial charge in [0, 0.05) is 23.8 Å². The quantitative estimate of drug-likeness (QED) is 0.861. The lowest BCUT2D eigenvalue weighted by Gasteiger charge is -2.10. The van der Waals surface area contributed by atoms with Crippen molar-refractivity contribution in [3.63, 3.8) is 0 Å². The summed E-state index contributed by atoms with van der Waals surface area (Å²) in [5.74, 6) is 0.769. The van der Waals surface area contributed by atoms with E-state index in [2.05, 4.69) is 9.97 Å². The highest BCUT2D eigenvalue weighted by molar-refractivity contribution is 6.30. The van der Waals surface area contributed by atoms with Gasteiger partial charge in [-0.2, -0.15) is 0 Å². The summed E-state index contributed by atoms with van der Waals surface area (Å²) in [7, 11) is 0. The summed E-state index contributed by atoms with van der Waals surface area (Å²) >= 11 is 5.94. The molecule has 0 spiro atoms. The highest BCUT2D eigenvalue weighted by atomic mass is 35.5. The van der Waals surface area contributed by atoms with Gasteiger partial charge in [-0.15, -0.1) is 0 Å². The Hall–Kier alpha value is -1.32. The number of nitrogens with one attached hydrogen (secondary N) is 1. The van der Waals surface area contributed by atoms with Crippen LogP contribution in [0.15, 0.2) is 30.6 Å². The molecule has 1 aromatic carbocycles. The van der Waals surface area contributed by atoms with Crippen molar-refractivity contribution in [1.82, 2.24) is 9.97 Å². The molecule has 84 valence electrons. The second kappa shape index (κ2) is 4.68. The van der Waals surface area contributed by atoms with E-state index in [0.29, 0.717) is 11.4 Å². The predicted octanol–water partition coefficient (Wildman–Crippen LogP) is 2.65. The minimum absolute atomic E-state index is 0.465. The minimum Gasteiger partial charge on any atom is -0.388 e. The first-order valence-electron chi connectivity index (χ1n) is 5.08. The third-order valence-electron chi connectivity index (χ3n) is 2.39. The number of aromatic nitrogens is 2. The Kier molecular flexibility index (Phi) is 3.27. The highest BCUT2D eigenvalue weighted by Gasteiger charge is 2.11. The predicted molar refractivity (Wildman–Crippen MR) is 63.4 cm³/mol. The molecule has 2 aromatic rings. The number of rotatable bonds is 3. The number of imidazole rings is 1. The monoisotopic (exact) mass is 236 g/mol. The molecule has 0 amide bonds. The normalized spacial score (nSPS) is 12.7. The molecule has 0 saturated carbocycles. The van der Waals surface area contributed by atoms with E-state index < -0.39 is 6.10 Å². The first kappa shape index (κ1) is 11.2. The van der Waals surface area contributed by atoms with Gasteiger partial charge < -0.3 is 10.1 Å². The molecule has 4 heteroatoms. The van der Waals surface area contributed by atoms with E-state index in [1.807, 2.05) is 19.1 Å². The topological polar surface area (TPSA) is 48.9 Å². The molecule has 0 radical (unpaired) electrons. The van der Waals surface area contributed by atoms with Gasteiger partial charge >= 0.3 is 0 Å². The fourth-order valence-electron chi connectivity index (χ4n) is 1.67. The van der Waals surface area contributed by atoms with Crippen LogP contribution in [0.1, 0.15) is 23.1 Å². The van der Waals surface area contributed by atoms with E-state index in [4.69, 9.17) is 11.6 Å². The van der Waals surface area contributed by atoms with Crippen LogP contribution in [0.5, 0.6) is 0 Å². The summed E-state index contributed by atoms with van der Waals surface area (Å²) in [6.07, 6.45) is 3.30. The molecule has 16 heavy (non-hydrogen) atoms. The van der Waals surface area contributed by atoms with Crippen LogP contribution < -0.4 is 0 Å². The molecule has 0 aliphatic rings. The molecule has 1 heterocycles. The van der Waals surface area contributed by atoms with Crippen molar-refractivity contribution >= 4 is 11.6 Å². The van der Waals surface area contributed by atoms with Gasteiger partial charge in [-0.25, -0.2) is 4.98 Å². The first-order chi connectivity index (χ1) is 7.65. The Bertz CT molecular complexity index is 448. The molecule has 0 bridgehead atoms. The number of aliphatic hydroxyl groups is 1. The van der Waals surface area contributed by atoms with Crippen LogP contribution in [0, 0.1) is 6.92 Å². The molecule has 1 aromatic heterocycles. The van der Waals surface area contributed by atoms with Crippen LogP contribution in [0.25, 0.3) is 0 Å². The van der Waals surface area contributed by atoms with Crippen LogP contribution in [0.2, 0.25) is 5.02 Å². The van der Waals surface area contributed by atoms with E-state index in [1.54, 1.807) is 18.5 Å². The number of aromatic amines is 1. The van der Waals surface area contributed by atoms with Crippen molar-refractivity contribution in [2.24, 2.45) is 0 Å². The van der Waals surface area contributed by atoms with E-state index >= 15 is 0 Å². The van der Waals surface area contributed by atoms with Gasteiger partial charge in [0.25, 0.3) is 0 Å². The van der Waals surface area contributed by atoms with Crippen LogP contribution in [-0.4, -0.2) is 15.1 Å². The SMILES string of the molecule is Cc1cc(Cl)cc(C(O)Cc2ncc[nH]2)c1. The molecular weight excluding hydrogens is 224 g/mol. The molecule has 0 fully saturated rings. The minimum atomic E-state index is -0.580. The van der Waals surface area contributed by atoms with E-state index in [1.165, 1.54) is 0 Å². The Morgan fingerprint density at radius 1 is 1.44 bits per heavy atom. The number of halogens is 1. The van der Waals surface area contributed by atoms with Crippen molar-refractivity contribution in [3.8, 4) is 0 Å². The van der Waals surface area contributed by atoms with Crippen LogP contribution in [0.3, 0.4) is 0 Å². The zero-order valence-corrected chi connectivity index (χ0v) is 9.70. The lowest BCUT2D eigenvalue weighted by atomic mass is 10.0. The first-order valence-corrected chi connectivity index (χ1v) is 5.46. The second-order valence-corrected chi connectivity index (χ2v) is 4.25. The van der Waals surface area contributed by atoms with Crippen molar-refractivity contribution < 1.29 is 5.11 Å². The lowest BCUT2D eigenvalue weighted by molar-refractivity contribution is 0.176. The van der Waals surface area contributed by atoms with Gasteiger partial charge in [-0.3, -0.25) is 0 Å². The maximum Gasteiger partial charge on any atom is 0.108 e. The largest absolute Gasteiger partial charge is 0.388 e. The number of benzene rings is 1. The molecule has 3 nitrogen and oxygen atoms in total. The zero-order chi connectivity index (χ0) is 11.5. The van der Waals surface area contributed by atoms with Crippen molar-refractivity contribution in [2.75, 3.05) is 0 Å². The number of aliphatic hydroxyl groups excluding tert-OH is 1. The summed E-state index contributed by atoms with van der Waals surface area (Å²) in [6, 6.07) is 5.58. The third-order valence-corrected chi connectivity index (χ3v) is 2.61. The van der Waals surface area contributed by atoms with Crippen molar-refractivity contribution in [3.05, 3.63) is 52.6 Å². The highest BCUT2D eigenvalue weighted by Crippen LogP contribution is 2.22. The Labute approximate surface area is 99.1 Å². The number of aryl methyl sites for hydroxylation is 1. The van der Waals surface area contributed by atoms with Crippen molar-refractivity contribution in [1.29, 1.82) is 0 Å². The Morgan fingerprint density at radius 3 is 2.88 bits per heavy atom. The van der Waals surface area contributed by atoms with Crippen molar-refractivity contribution in [2.45, 2.75) is 19.4 Å². The van der Waals surface area contributed by atoms with Gasteiger partial charge in [0.15, 0.2) is 0 Å². The standard InChI is InChI=1S/C12H13ClN2O/c1-8-4-9(6-10(13)5-8)11(16)7-12-14-2-3-15-12/h2-6,11,16H,7H2,1H3,(H,14,15). The van der Waals surface area contributed by atoms with Gasteiger partial charge in [-0.05, 0) is 30.2 Å². The summed E-state index contributed by atoms with van der Waals surface area (Å²) in [5, 5.41) is 10.7. The summed E-state index contributed by atoms with van der Waals surface area (Å²) in [4.78, 5) is 7.04. The number of hydrogen-bond acceptors (Lipinski definition) is 2. The molecule has 2 rings (SSSR count). The van der Waals surface area contributed by atoms with E-state index in [0.717, 1.165) is 17.0 Å². The van der Waals surface area contributed by atoms with Gasteiger partial charge in [0.1, 0.15) is 5.82 Å².